The van der Waals surface area contributed by atoms with Gasteiger partial charge in [-0.3, -0.25) is 0 Å². The van der Waals surface area contributed by atoms with Gasteiger partial charge in [0.25, 0.3) is 0 Å². The highest BCUT2D eigenvalue weighted by Crippen LogP contribution is 2.11. The molecule has 0 aliphatic carbocycles. The molecule has 0 nitrogen and oxygen atoms in total. The number of hydrogen-bond donors (Lipinski definition) is 0. The first-order valence-corrected chi connectivity index (χ1v) is 6.19. The van der Waals surface area contributed by atoms with E-state index in [2.05, 4.69) is 43.8 Å². The van der Waals surface area contributed by atoms with Gasteiger partial charge in [-0.2, -0.15) is 11.8 Å². The average molecular weight is 208 g/mol. The van der Waals surface area contributed by atoms with Crippen LogP contribution in [0.2, 0.25) is 0 Å². The molecule has 1 rings (SSSR count). The van der Waals surface area contributed by atoms with Crippen molar-refractivity contribution in [3.63, 3.8) is 0 Å². The summed E-state index contributed by atoms with van der Waals surface area (Å²) in [5, 5.41) is 0. The van der Waals surface area contributed by atoms with Gasteiger partial charge in [0.05, 0.1) is 0 Å². The van der Waals surface area contributed by atoms with E-state index < -0.39 is 0 Å². The van der Waals surface area contributed by atoms with Crippen LogP contribution in [0.15, 0.2) is 43.0 Å². The summed E-state index contributed by atoms with van der Waals surface area (Å²) < 4.78 is 0. The molecule has 1 aromatic rings. The number of allylic oxidation sites excluding steroid dienone is 1. The third-order valence-corrected chi connectivity index (χ3v) is 2.69. The van der Waals surface area contributed by atoms with E-state index in [0.717, 1.165) is 5.75 Å². The molecule has 0 amide bonds. The maximum absolute atomic E-state index is 3.36. The fourth-order valence-electron chi connectivity index (χ4n) is 0.909. The summed E-state index contributed by atoms with van der Waals surface area (Å²) in [4.78, 5) is 0. The minimum absolute atomic E-state index is 1.16. The molecular formula is C13H20S. The van der Waals surface area contributed by atoms with Crippen LogP contribution in [0.1, 0.15) is 25.8 Å². The molecule has 0 saturated heterocycles. The Labute approximate surface area is 92.4 Å². The Bertz CT molecular complexity index is 216. The van der Waals surface area contributed by atoms with Crippen molar-refractivity contribution in [3.05, 3.63) is 48.6 Å². The van der Waals surface area contributed by atoms with Crippen LogP contribution in [0.4, 0.5) is 0 Å². The highest BCUT2D eigenvalue weighted by molar-refractivity contribution is 7.98. The van der Waals surface area contributed by atoms with Crippen molar-refractivity contribution in [2.45, 2.75) is 26.0 Å². The van der Waals surface area contributed by atoms with E-state index in [1.165, 1.54) is 17.7 Å². The highest BCUT2D eigenvalue weighted by Gasteiger charge is 1.89. The molecule has 1 heteroatoms. The Morgan fingerprint density at radius 3 is 2.36 bits per heavy atom. The zero-order valence-corrected chi connectivity index (χ0v) is 10.0. The van der Waals surface area contributed by atoms with Crippen molar-refractivity contribution in [3.8, 4) is 0 Å². The van der Waals surface area contributed by atoms with E-state index >= 15 is 0 Å². The SMILES string of the molecule is C=CC.CCCSCc1ccccc1. The van der Waals surface area contributed by atoms with Gasteiger partial charge in [-0.25, -0.2) is 0 Å². The maximum Gasteiger partial charge on any atom is 0.0184 e. The van der Waals surface area contributed by atoms with Crippen molar-refractivity contribution in [1.29, 1.82) is 0 Å². The predicted octanol–water partition coefficient (Wildman–Crippen LogP) is 4.52. The van der Waals surface area contributed by atoms with Gasteiger partial charge in [0.15, 0.2) is 0 Å². The third kappa shape index (κ3) is 7.93. The van der Waals surface area contributed by atoms with Crippen LogP contribution >= 0.6 is 11.8 Å². The van der Waals surface area contributed by atoms with E-state index in [4.69, 9.17) is 0 Å². The molecule has 0 unspecified atom stereocenters. The summed E-state index contributed by atoms with van der Waals surface area (Å²) in [6.45, 7) is 7.47. The van der Waals surface area contributed by atoms with Gasteiger partial charge < -0.3 is 0 Å². The zero-order chi connectivity index (χ0) is 10.6. The van der Waals surface area contributed by atoms with Crippen LogP contribution in [0.25, 0.3) is 0 Å². The molecule has 0 N–H and O–H groups in total. The Kier molecular flexibility index (Phi) is 9.88. The normalized spacial score (nSPS) is 8.71. The number of rotatable bonds is 4. The molecule has 0 aromatic heterocycles. The Morgan fingerprint density at radius 1 is 1.29 bits per heavy atom. The molecule has 0 bridgehead atoms. The summed E-state index contributed by atoms with van der Waals surface area (Å²) in [6.07, 6.45) is 3.03. The Hall–Kier alpha value is -0.690. The first kappa shape index (κ1) is 13.3. The van der Waals surface area contributed by atoms with E-state index in [9.17, 15) is 0 Å². The van der Waals surface area contributed by atoms with E-state index in [0.29, 0.717) is 0 Å². The number of hydrogen-bond acceptors (Lipinski definition) is 1. The lowest BCUT2D eigenvalue weighted by Crippen LogP contribution is -1.80. The molecule has 0 saturated carbocycles. The summed E-state index contributed by atoms with van der Waals surface area (Å²) in [7, 11) is 0. The number of benzene rings is 1. The van der Waals surface area contributed by atoms with Crippen LogP contribution in [0.5, 0.6) is 0 Å². The monoisotopic (exact) mass is 208 g/mol. The van der Waals surface area contributed by atoms with Gasteiger partial charge in [0.2, 0.25) is 0 Å². The van der Waals surface area contributed by atoms with E-state index in [1.54, 1.807) is 6.08 Å². The van der Waals surface area contributed by atoms with Gasteiger partial charge in [-0.1, -0.05) is 43.3 Å². The molecule has 0 spiro atoms. The van der Waals surface area contributed by atoms with E-state index in [1.807, 2.05) is 18.7 Å². The van der Waals surface area contributed by atoms with Crippen LogP contribution in [-0.4, -0.2) is 5.75 Å². The quantitative estimate of drug-likeness (QED) is 0.518. The standard InChI is InChI=1S/C10H14S.C3H6/c1-2-8-11-9-10-6-4-3-5-7-10;1-3-2/h3-7H,2,8-9H2,1H3;3H,1H2,2H3. The van der Waals surface area contributed by atoms with E-state index in [-0.39, 0.29) is 0 Å². The molecule has 0 heterocycles. The second-order valence-electron chi connectivity index (χ2n) is 2.95. The summed E-state index contributed by atoms with van der Waals surface area (Å²) in [5.41, 5.74) is 1.44. The van der Waals surface area contributed by atoms with Gasteiger partial charge in [-0.05, 0) is 24.7 Å². The molecule has 0 aliphatic heterocycles. The smallest absolute Gasteiger partial charge is 0.0184 e. The molecule has 14 heavy (non-hydrogen) atoms. The Balaban J connectivity index is 0.000000500. The fraction of sp³-hybridized carbons (Fsp3) is 0.385. The summed E-state index contributed by atoms with van der Waals surface area (Å²) in [5.74, 6) is 2.43. The van der Waals surface area contributed by atoms with Gasteiger partial charge in [-0.15, -0.1) is 6.58 Å². The summed E-state index contributed by atoms with van der Waals surface area (Å²) >= 11 is 2.01. The fourth-order valence-corrected chi connectivity index (χ4v) is 1.77. The first-order valence-electron chi connectivity index (χ1n) is 5.03. The molecule has 78 valence electrons. The van der Waals surface area contributed by atoms with Crippen molar-refractivity contribution in [2.24, 2.45) is 0 Å². The molecule has 0 aliphatic rings. The van der Waals surface area contributed by atoms with Gasteiger partial charge in [0.1, 0.15) is 0 Å². The maximum atomic E-state index is 3.36. The highest BCUT2D eigenvalue weighted by atomic mass is 32.2. The lowest BCUT2D eigenvalue weighted by Gasteiger charge is -1.98. The second-order valence-corrected chi connectivity index (χ2v) is 4.05. The minimum Gasteiger partial charge on any atom is -0.157 e. The van der Waals surface area contributed by atoms with Crippen LogP contribution < -0.4 is 0 Å². The van der Waals surface area contributed by atoms with Crippen molar-refractivity contribution < 1.29 is 0 Å². The number of thioether (sulfide) groups is 1. The van der Waals surface area contributed by atoms with Crippen LogP contribution in [0, 0.1) is 0 Å². The molecular weight excluding hydrogens is 188 g/mol. The van der Waals surface area contributed by atoms with Gasteiger partial charge >= 0.3 is 0 Å². The first-order chi connectivity index (χ1) is 6.85. The van der Waals surface area contributed by atoms with Crippen LogP contribution in [-0.2, 0) is 5.75 Å². The molecule has 1 aromatic carbocycles. The van der Waals surface area contributed by atoms with Crippen molar-refractivity contribution in [2.75, 3.05) is 5.75 Å². The predicted molar refractivity (Wildman–Crippen MR) is 68.8 cm³/mol. The largest absolute Gasteiger partial charge is 0.157 e. The van der Waals surface area contributed by atoms with Crippen molar-refractivity contribution in [1.82, 2.24) is 0 Å². The van der Waals surface area contributed by atoms with Gasteiger partial charge in [0, 0.05) is 5.75 Å². The van der Waals surface area contributed by atoms with Crippen LogP contribution in [0.3, 0.4) is 0 Å². The third-order valence-electron chi connectivity index (χ3n) is 1.46. The molecule has 0 fully saturated rings. The Morgan fingerprint density at radius 2 is 1.86 bits per heavy atom. The zero-order valence-electron chi connectivity index (χ0n) is 9.20. The molecule has 0 radical (unpaired) electrons. The summed E-state index contributed by atoms with van der Waals surface area (Å²) in [6, 6.07) is 10.6. The average Bonchev–Trinajstić information content (AvgIpc) is 2.21. The molecule has 0 atom stereocenters. The minimum atomic E-state index is 1.16. The van der Waals surface area contributed by atoms with Crippen molar-refractivity contribution >= 4 is 11.8 Å². The lowest BCUT2D eigenvalue weighted by molar-refractivity contribution is 1.10. The topological polar surface area (TPSA) is 0 Å². The second kappa shape index (κ2) is 10.4. The lowest BCUT2D eigenvalue weighted by atomic mass is 10.2.